The lowest BCUT2D eigenvalue weighted by molar-refractivity contribution is 0.171. The van der Waals surface area contributed by atoms with E-state index < -0.39 is 5.82 Å². The Hall–Kier alpha value is -3.72. The van der Waals surface area contributed by atoms with Crippen molar-refractivity contribution in [3.05, 3.63) is 65.5 Å². The lowest BCUT2D eigenvalue weighted by Crippen LogP contribution is -2.44. The minimum Gasteiger partial charge on any atom is -0.486 e. The van der Waals surface area contributed by atoms with Crippen molar-refractivity contribution >= 4 is 11.3 Å². The van der Waals surface area contributed by atoms with Crippen LogP contribution in [0.5, 0.6) is 11.5 Å². The Bertz CT molecular complexity index is 1490. The van der Waals surface area contributed by atoms with Gasteiger partial charge in [-0.25, -0.2) is 13.9 Å². The van der Waals surface area contributed by atoms with Gasteiger partial charge in [0, 0.05) is 42.7 Å². The van der Waals surface area contributed by atoms with Crippen LogP contribution >= 0.6 is 0 Å². The van der Waals surface area contributed by atoms with E-state index in [1.54, 1.807) is 16.8 Å². The maximum absolute atomic E-state index is 15.2. The molecule has 184 valence electrons. The van der Waals surface area contributed by atoms with Crippen LogP contribution in [-0.2, 0) is 6.42 Å². The summed E-state index contributed by atoms with van der Waals surface area (Å²) in [5.41, 5.74) is 11.7. The highest BCUT2D eigenvalue weighted by atomic mass is 19.1. The second kappa shape index (κ2) is 7.89. The molecule has 36 heavy (non-hydrogen) atoms. The standard InChI is InChI=1S/C27H27FN6O2/c1-16-24(18-13-22-23(14-19(18)28)36-12-11-35-22)34-21(4-8-31-34)26(32-16)33-9-5-27(6-10-33)15-20-17(25(27)29)3-2-7-30-20/h2-4,7-8,13-14,25H,5-6,9-12,15,29H2,1H3/t25-/m1/s1. The summed E-state index contributed by atoms with van der Waals surface area (Å²) >= 11 is 0. The van der Waals surface area contributed by atoms with Crippen LogP contribution in [0.1, 0.15) is 35.8 Å². The molecule has 3 aromatic heterocycles. The largest absolute Gasteiger partial charge is 0.486 e. The van der Waals surface area contributed by atoms with Gasteiger partial charge in [-0.3, -0.25) is 4.98 Å². The van der Waals surface area contributed by atoms with E-state index in [0.29, 0.717) is 41.7 Å². The van der Waals surface area contributed by atoms with Crippen LogP contribution in [0.15, 0.2) is 42.7 Å². The Morgan fingerprint density at radius 1 is 1.08 bits per heavy atom. The zero-order valence-electron chi connectivity index (χ0n) is 20.1. The molecule has 0 saturated carbocycles. The zero-order chi connectivity index (χ0) is 24.4. The average Bonchev–Trinajstić information content (AvgIpc) is 3.48. The Balaban J connectivity index is 1.23. The van der Waals surface area contributed by atoms with Crippen molar-refractivity contribution in [1.82, 2.24) is 19.6 Å². The molecule has 1 spiro atoms. The molecule has 4 aromatic rings. The van der Waals surface area contributed by atoms with Crippen LogP contribution in [0, 0.1) is 18.2 Å². The summed E-state index contributed by atoms with van der Waals surface area (Å²) in [6.45, 7) is 4.43. The third kappa shape index (κ3) is 3.12. The molecular weight excluding hydrogens is 459 g/mol. The van der Waals surface area contributed by atoms with E-state index in [4.69, 9.17) is 20.2 Å². The Labute approximate surface area is 207 Å². The summed E-state index contributed by atoms with van der Waals surface area (Å²) in [4.78, 5) is 11.9. The zero-order valence-corrected chi connectivity index (χ0v) is 20.1. The molecular formula is C27H27FN6O2. The van der Waals surface area contributed by atoms with Gasteiger partial charge < -0.3 is 20.1 Å². The molecule has 3 aliphatic rings. The minimum absolute atomic E-state index is 0.00795. The maximum Gasteiger partial charge on any atom is 0.164 e. The first-order chi connectivity index (χ1) is 17.5. The van der Waals surface area contributed by atoms with Crippen LogP contribution < -0.4 is 20.1 Å². The van der Waals surface area contributed by atoms with Gasteiger partial charge in [-0.1, -0.05) is 6.07 Å². The van der Waals surface area contributed by atoms with Crippen LogP contribution in [0.3, 0.4) is 0 Å². The van der Waals surface area contributed by atoms with E-state index in [-0.39, 0.29) is 11.5 Å². The van der Waals surface area contributed by atoms with Gasteiger partial charge in [0.1, 0.15) is 24.5 Å². The number of pyridine rings is 1. The predicted molar refractivity (Wildman–Crippen MR) is 133 cm³/mol. The van der Waals surface area contributed by atoms with Crippen LogP contribution in [0.25, 0.3) is 16.8 Å². The first-order valence-electron chi connectivity index (χ1n) is 12.4. The minimum atomic E-state index is -0.392. The lowest BCUT2D eigenvalue weighted by Gasteiger charge is -2.42. The highest BCUT2D eigenvalue weighted by Crippen LogP contribution is 2.50. The van der Waals surface area contributed by atoms with Crippen molar-refractivity contribution in [1.29, 1.82) is 0 Å². The summed E-state index contributed by atoms with van der Waals surface area (Å²) in [7, 11) is 0. The third-order valence-corrected chi connectivity index (χ3v) is 8.09. The fourth-order valence-corrected chi connectivity index (χ4v) is 6.17. The smallest absolute Gasteiger partial charge is 0.164 e. The number of aryl methyl sites for hydroxylation is 1. The van der Waals surface area contributed by atoms with Crippen LogP contribution in [-0.4, -0.2) is 45.9 Å². The molecule has 7 rings (SSSR count). The number of rotatable bonds is 2. The van der Waals surface area contributed by atoms with Gasteiger partial charge in [-0.05, 0) is 55.4 Å². The quantitative estimate of drug-likeness (QED) is 0.460. The Morgan fingerprint density at radius 2 is 1.86 bits per heavy atom. The molecule has 1 aliphatic carbocycles. The van der Waals surface area contributed by atoms with Gasteiger partial charge in [0.15, 0.2) is 17.3 Å². The number of hydrogen-bond acceptors (Lipinski definition) is 7. The molecule has 0 radical (unpaired) electrons. The van der Waals surface area contributed by atoms with Gasteiger partial charge >= 0.3 is 0 Å². The molecule has 9 heteroatoms. The fourth-order valence-electron chi connectivity index (χ4n) is 6.17. The molecule has 2 N–H and O–H groups in total. The molecule has 1 saturated heterocycles. The molecule has 8 nitrogen and oxygen atoms in total. The number of piperidine rings is 1. The number of aromatic nitrogens is 4. The van der Waals surface area contributed by atoms with E-state index in [1.165, 1.54) is 11.6 Å². The number of nitrogens with two attached hydrogens (primary N) is 1. The van der Waals surface area contributed by atoms with E-state index in [2.05, 4.69) is 21.0 Å². The molecule has 1 aromatic carbocycles. The Kier molecular flexibility index (Phi) is 4.73. The predicted octanol–water partition coefficient (Wildman–Crippen LogP) is 3.85. The van der Waals surface area contributed by atoms with E-state index in [1.807, 2.05) is 25.3 Å². The van der Waals surface area contributed by atoms with E-state index >= 15 is 4.39 Å². The first kappa shape index (κ1) is 21.6. The van der Waals surface area contributed by atoms with Gasteiger partial charge in [-0.2, -0.15) is 5.10 Å². The number of nitrogens with zero attached hydrogens (tertiary/aromatic N) is 5. The fraction of sp³-hybridized carbons (Fsp3) is 0.370. The van der Waals surface area contributed by atoms with Gasteiger partial charge in [0.2, 0.25) is 0 Å². The summed E-state index contributed by atoms with van der Waals surface area (Å²) in [5.74, 6) is 1.43. The molecule has 0 unspecified atom stereocenters. The number of fused-ring (bicyclic) bond motifs is 3. The summed E-state index contributed by atoms with van der Waals surface area (Å²) in [6.07, 6.45) is 6.44. The van der Waals surface area contributed by atoms with Gasteiger partial charge in [0.05, 0.1) is 17.6 Å². The summed E-state index contributed by atoms with van der Waals surface area (Å²) < 4.78 is 28.3. The molecule has 5 heterocycles. The van der Waals surface area contributed by atoms with Crippen molar-refractivity contribution in [3.63, 3.8) is 0 Å². The van der Waals surface area contributed by atoms with Crippen molar-refractivity contribution in [3.8, 4) is 22.8 Å². The van der Waals surface area contributed by atoms with Crippen molar-refractivity contribution in [2.75, 3.05) is 31.2 Å². The topological polar surface area (TPSA) is 90.8 Å². The molecule has 2 aliphatic heterocycles. The number of hydrogen-bond donors (Lipinski definition) is 1. The van der Waals surface area contributed by atoms with Crippen LogP contribution in [0.2, 0.25) is 0 Å². The lowest BCUT2D eigenvalue weighted by atomic mass is 9.73. The van der Waals surface area contributed by atoms with E-state index in [9.17, 15) is 0 Å². The molecule has 0 bridgehead atoms. The highest BCUT2D eigenvalue weighted by molar-refractivity contribution is 5.77. The SMILES string of the molecule is Cc1nc(N2CCC3(CC2)Cc2ncccc2[C@H]3N)c2ccnn2c1-c1cc2c(cc1F)OCCO2. The highest BCUT2D eigenvalue weighted by Gasteiger charge is 2.46. The number of benzene rings is 1. The molecule has 1 fully saturated rings. The van der Waals surface area contributed by atoms with Crippen LogP contribution in [0.4, 0.5) is 10.2 Å². The summed E-state index contributed by atoms with van der Waals surface area (Å²) in [6, 6.07) is 9.11. The maximum atomic E-state index is 15.2. The monoisotopic (exact) mass is 486 g/mol. The number of halogens is 1. The average molecular weight is 487 g/mol. The van der Waals surface area contributed by atoms with Gasteiger partial charge in [0.25, 0.3) is 0 Å². The summed E-state index contributed by atoms with van der Waals surface area (Å²) in [5, 5.41) is 4.56. The third-order valence-electron chi connectivity index (χ3n) is 8.09. The number of ether oxygens (including phenoxy) is 2. The van der Waals surface area contributed by atoms with Crippen molar-refractivity contribution in [2.45, 2.75) is 32.2 Å². The molecule has 1 atom stereocenters. The molecule has 0 amide bonds. The van der Waals surface area contributed by atoms with Crippen molar-refractivity contribution < 1.29 is 13.9 Å². The normalized spacial score (nSPS) is 20.2. The first-order valence-corrected chi connectivity index (χ1v) is 12.4. The second-order valence-corrected chi connectivity index (χ2v) is 10.0. The second-order valence-electron chi connectivity index (χ2n) is 10.0. The van der Waals surface area contributed by atoms with E-state index in [0.717, 1.165) is 49.4 Å². The van der Waals surface area contributed by atoms with Crippen molar-refractivity contribution in [2.24, 2.45) is 11.1 Å². The Morgan fingerprint density at radius 3 is 2.64 bits per heavy atom. The number of anilines is 1. The van der Waals surface area contributed by atoms with Gasteiger partial charge in [-0.15, -0.1) is 0 Å².